The van der Waals surface area contributed by atoms with Gasteiger partial charge in [0.2, 0.25) is 0 Å². The van der Waals surface area contributed by atoms with Gasteiger partial charge in [-0.05, 0) is 0 Å². The van der Waals surface area contributed by atoms with E-state index in [2.05, 4.69) is 0 Å². The molecule has 0 aliphatic heterocycles. The summed E-state index contributed by atoms with van der Waals surface area (Å²) in [6.45, 7) is 0. The molecule has 0 bridgehead atoms. The van der Waals surface area contributed by atoms with Gasteiger partial charge in [-0.15, -0.1) is 0 Å². The van der Waals surface area contributed by atoms with E-state index in [0.29, 0.717) is 0 Å². The minimum atomic E-state index is -0.750. The van der Waals surface area contributed by atoms with E-state index in [1.165, 1.54) is 0 Å². The Hall–Kier alpha value is 0.924. The molecule has 0 saturated carbocycles. The largest absolute Gasteiger partial charge is 0.335 e. The Labute approximate surface area is 52.4 Å². The maximum Gasteiger partial charge on any atom is 0.335 e. The van der Waals surface area contributed by atoms with Gasteiger partial charge in [0.15, 0.2) is 0 Å². The molecule has 0 aliphatic rings. The van der Waals surface area contributed by atoms with E-state index in [9.17, 15) is 0 Å². The fraction of sp³-hybridized carbons (Fsp3) is 0. The van der Waals surface area contributed by atoms with Crippen LogP contribution in [0.4, 0.5) is 0 Å². The van der Waals surface area contributed by atoms with Crippen LogP contribution < -0.4 is 0 Å². The van der Waals surface area contributed by atoms with Gasteiger partial charge in [-0.25, -0.2) is 0 Å². The normalized spacial score (nSPS) is 3.00. The second kappa shape index (κ2) is 9.06. The molecule has 0 fully saturated rings. The van der Waals surface area contributed by atoms with Crippen molar-refractivity contribution in [2.24, 2.45) is 0 Å². The van der Waals surface area contributed by atoms with Crippen LogP contribution in [0.15, 0.2) is 0 Å². The van der Waals surface area contributed by atoms with Crippen LogP contribution >= 0.6 is 0 Å². The first kappa shape index (κ1) is 8.87. The summed E-state index contributed by atoms with van der Waals surface area (Å²) in [7, 11) is 0. The van der Waals surface area contributed by atoms with Gasteiger partial charge in [-0.1, -0.05) is 0 Å². The summed E-state index contributed by atoms with van der Waals surface area (Å²) >= 11 is -0.750. The number of hydrogen-bond donors (Lipinski definition) is 0. The molecule has 0 aromatic carbocycles. The Morgan fingerprint density at radius 1 is 1.25 bits per heavy atom. The average molecular weight is 153 g/mol. The quantitative estimate of drug-likeness (QED) is 0.462. The van der Waals surface area contributed by atoms with Crippen LogP contribution in [-0.4, -0.2) is 8.42 Å². The second-order valence-corrected chi connectivity index (χ2v) is 0.204. The van der Waals surface area contributed by atoms with E-state index in [0.717, 1.165) is 0 Å². The first-order valence-electron chi connectivity index (χ1n) is 0.333. The monoisotopic (exact) mass is 153 g/mol. The van der Waals surface area contributed by atoms with E-state index >= 15 is 0 Å². The number of rotatable bonds is 0. The van der Waals surface area contributed by atoms with Gasteiger partial charge >= 0.3 is 11.6 Å². The fourth-order valence-corrected chi connectivity index (χ4v) is 0. The molecule has 0 rings (SSSR count). The molecule has 2 nitrogen and oxygen atoms in total. The molecule has 0 aromatic rings. The van der Waals surface area contributed by atoms with Crippen LogP contribution in [0.2, 0.25) is 0 Å². The van der Waals surface area contributed by atoms with Gasteiger partial charge in [0.05, 0.1) is 0 Å². The van der Waals surface area contributed by atoms with E-state index in [-0.39, 0.29) is 32.7 Å². The van der Waals surface area contributed by atoms with Crippen LogP contribution in [0.25, 0.3) is 0 Å². The predicted molar refractivity (Wildman–Crippen MR) is 8.92 cm³/mol. The maximum absolute atomic E-state index is 8.29. The Kier molecular flexibility index (Phi) is 20.1. The first-order chi connectivity index (χ1) is 1.41. The zero-order valence-electron chi connectivity index (χ0n) is 1.80. The molecule has 0 atom stereocenters. The summed E-state index contributed by atoms with van der Waals surface area (Å²) in [5.74, 6) is 0. The summed E-state index contributed by atoms with van der Waals surface area (Å²) in [5.41, 5.74) is 0. The Bertz CT molecular complexity index is 27.0. The van der Waals surface area contributed by atoms with Crippen molar-refractivity contribution in [3.63, 3.8) is 0 Å². The third kappa shape index (κ3) is 12.7. The molecule has 0 amide bonds. The van der Waals surface area contributed by atoms with Crippen molar-refractivity contribution < 1.29 is 41.1 Å². The molecule has 0 heterocycles. The summed E-state index contributed by atoms with van der Waals surface area (Å²) in [5, 5.41) is 0. The molecule has 0 aromatic heterocycles. The van der Waals surface area contributed by atoms with Crippen LogP contribution in [0.1, 0.15) is 0 Å². The predicted octanol–water partition coefficient (Wildman–Crippen LogP) is -0.673. The van der Waals surface area contributed by atoms with Crippen molar-refractivity contribution in [2.75, 3.05) is 0 Å². The minimum absolute atomic E-state index is 0. The Morgan fingerprint density at radius 2 is 1.25 bits per heavy atom. The fourth-order valence-electron chi connectivity index (χ4n) is 0. The van der Waals surface area contributed by atoms with E-state index < -0.39 is 11.6 Å². The van der Waals surface area contributed by atoms with Gasteiger partial charge in [0.1, 0.15) is 0 Å². The standard InChI is InChI=1S/O2S.Y/c1-3-2;. The summed E-state index contributed by atoms with van der Waals surface area (Å²) in [6.07, 6.45) is 0. The van der Waals surface area contributed by atoms with Crippen molar-refractivity contribution in [1.82, 2.24) is 0 Å². The van der Waals surface area contributed by atoms with Gasteiger partial charge in [-0.2, -0.15) is 8.42 Å². The average Bonchev–Trinajstić information content (AvgIpc) is 0.918. The van der Waals surface area contributed by atoms with Gasteiger partial charge in [0.25, 0.3) is 0 Å². The molecular weight excluding hydrogens is 153 g/mol. The molecule has 1 radical (unpaired) electrons. The molecule has 0 saturated heterocycles. The van der Waals surface area contributed by atoms with Crippen LogP contribution in [0.5, 0.6) is 0 Å². The molecule has 0 N–H and O–H groups in total. The van der Waals surface area contributed by atoms with Crippen molar-refractivity contribution in [1.29, 1.82) is 0 Å². The SMILES string of the molecule is O=S=O.[Y]. The van der Waals surface area contributed by atoms with Crippen LogP contribution in [0, 0.1) is 0 Å². The van der Waals surface area contributed by atoms with E-state index in [4.69, 9.17) is 8.42 Å². The third-order valence-corrected chi connectivity index (χ3v) is 0. The topological polar surface area (TPSA) is 34.1 Å². The summed E-state index contributed by atoms with van der Waals surface area (Å²) < 4.78 is 16.6. The zero-order chi connectivity index (χ0) is 2.71. The Morgan fingerprint density at radius 3 is 1.25 bits per heavy atom. The van der Waals surface area contributed by atoms with Crippen molar-refractivity contribution in [3.05, 3.63) is 0 Å². The smallest absolute Gasteiger partial charge is 0.168 e. The number of hydrogen-bond acceptors (Lipinski definition) is 2. The van der Waals surface area contributed by atoms with Gasteiger partial charge in [0, 0.05) is 32.7 Å². The third-order valence-electron chi connectivity index (χ3n) is 0. The van der Waals surface area contributed by atoms with Crippen molar-refractivity contribution >= 4 is 11.6 Å². The molecule has 0 unspecified atom stereocenters. The zero-order valence-corrected chi connectivity index (χ0v) is 5.46. The first-order valence-corrected chi connectivity index (χ1v) is 1.00. The van der Waals surface area contributed by atoms with Gasteiger partial charge in [-0.3, -0.25) is 0 Å². The molecule has 4 heteroatoms. The summed E-state index contributed by atoms with van der Waals surface area (Å²) in [4.78, 5) is 0. The van der Waals surface area contributed by atoms with E-state index in [1.54, 1.807) is 0 Å². The van der Waals surface area contributed by atoms with Crippen LogP contribution in [0.3, 0.4) is 0 Å². The molecule has 0 spiro atoms. The molecule has 0 aliphatic carbocycles. The minimum Gasteiger partial charge on any atom is -0.168 e. The maximum atomic E-state index is 8.29. The van der Waals surface area contributed by atoms with Gasteiger partial charge < -0.3 is 0 Å². The summed E-state index contributed by atoms with van der Waals surface area (Å²) in [6, 6.07) is 0. The molecule has 4 heavy (non-hydrogen) atoms. The van der Waals surface area contributed by atoms with Crippen molar-refractivity contribution in [3.8, 4) is 0 Å². The Balaban J connectivity index is 0. The van der Waals surface area contributed by atoms with E-state index in [1.807, 2.05) is 0 Å². The second-order valence-electron chi connectivity index (χ2n) is 0.0680. The van der Waals surface area contributed by atoms with Crippen molar-refractivity contribution in [2.45, 2.75) is 0 Å². The van der Waals surface area contributed by atoms with Crippen LogP contribution in [-0.2, 0) is 44.3 Å². The molecule has 21 valence electrons. The molecular formula is O2SY.